The van der Waals surface area contributed by atoms with Gasteiger partial charge in [0.25, 0.3) is 0 Å². The Morgan fingerprint density at radius 3 is 2.70 bits per heavy atom. The van der Waals surface area contributed by atoms with Gasteiger partial charge >= 0.3 is 0 Å². The van der Waals surface area contributed by atoms with Crippen LogP contribution in [0.5, 0.6) is 0 Å². The highest BCUT2D eigenvalue weighted by Crippen LogP contribution is 2.37. The highest BCUT2D eigenvalue weighted by molar-refractivity contribution is 5.94. The van der Waals surface area contributed by atoms with E-state index in [0.29, 0.717) is 0 Å². The first-order valence-electron chi connectivity index (χ1n) is 9.68. The predicted octanol–water partition coefficient (Wildman–Crippen LogP) is 4.41. The van der Waals surface area contributed by atoms with Gasteiger partial charge in [0.1, 0.15) is 0 Å². The molecule has 2 aromatic heterocycles. The topological polar surface area (TPSA) is 61.0 Å². The summed E-state index contributed by atoms with van der Waals surface area (Å²) >= 11 is 0. The number of fused-ring (bicyclic) bond motifs is 1. The van der Waals surface area contributed by atoms with Crippen LogP contribution in [-0.2, 0) is 4.79 Å². The number of aromatic amines is 1. The van der Waals surface area contributed by atoms with Crippen molar-refractivity contribution in [1.29, 1.82) is 0 Å². The third-order valence-electron chi connectivity index (χ3n) is 5.35. The van der Waals surface area contributed by atoms with Gasteiger partial charge in [0.2, 0.25) is 5.91 Å². The summed E-state index contributed by atoms with van der Waals surface area (Å²) in [5.41, 5.74) is 5.42. The van der Waals surface area contributed by atoms with Crippen LogP contribution in [0, 0.1) is 6.92 Å². The van der Waals surface area contributed by atoms with Crippen LogP contribution in [-0.4, -0.2) is 33.9 Å². The highest BCUT2D eigenvalue weighted by Gasteiger charge is 2.29. The van der Waals surface area contributed by atoms with Gasteiger partial charge in [-0.2, -0.15) is 0 Å². The summed E-state index contributed by atoms with van der Waals surface area (Å²) in [6, 6.07) is 12.3. The maximum atomic E-state index is 11.5. The lowest BCUT2D eigenvalue weighted by atomic mass is 9.95. The Hall–Kier alpha value is -2.66. The fourth-order valence-corrected chi connectivity index (χ4v) is 4.21. The third-order valence-corrected chi connectivity index (χ3v) is 5.35. The van der Waals surface area contributed by atoms with Gasteiger partial charge in [-0.3, -0.25) is 14.7 Å². The standard InChI is InChI=1S/C22H26N4O/c1-15-21(18-14-17(25-16(2)27)9-10-19(18)24-15)22(20-8-4-5-11-23-20)26-12-6-3-7-13-26/h4-5,8-11,14,22,24H,3,6-7,12-13H2,1-2H3,(H,25,27)/t22-/m0/s1. The van der Waals surface area contributed by atoms with E-state index < -0.39 is 0 Å². The largest absolute Gasteiger partial charge is 0.358 e. The van der Waals surface area contributed by atoms with Gasteiger partial charge in [0, 0.05) is 41.0 Å². The summed E-state index contributed by atoms with van der Waals surface area (Å²) in [5.74, 6) is -0.0551. The lowest BCUT2D eigenvalue weighted by Gasteiger charge is -2.34. The zero-order valence-electron chi connectivity index (χ0n) is 16.0. The van der Waals surface area contributed by atoms with E-state index in [1.165, 1.54) is 31.7 Å². The van der Waals surface area contributed by atoms with Gasteiger partial charge in [0.15, 0.2) is 0 Å². The SMILES string of the molecule is CC(=O)Nc1ccc2[nH]c(C)c([C@H](c3ccccn3)N3CCCCC3)c2c1. The number of likely N-dealkylation sites (tertiary alicyclic amines) is 1. The average molecular weight is 362 g/mol. The Kier molecular flexibility index (Phi) is 4.94. The zero-order chi connectivity index (χ0) is 18.8. The number of hydrogen-bond donors (Lipinski definition) is 2. The van der Waals surface area contributed by atoms with Crippen molar-refractivity contribution in [3.63, 3.8) is 0 Å². The number of aryl methyl sites for hydroxylation is 1. The normalized spacial score (nSPS) is 16.4. The van der Waals surface area contributed by atoms with Crippen LogP contribution in [0.2, 0.25) is 0 Å². The minimum Gasteiger partial charge on any atom is -0.358 e. The molecule has 0 bridgehead atoms. The minimum atomic E-state index is -0.0551. The maximum Gasteiger partial charge on any atom is 0.221 e. The fraction of sp³-hybridized carbons (Fsp3) is 0.364. The molecule has 4 rings (SSSR count). The van der Waals surface area contributed by atoms with Crippen LogP contribution in [0.3, 0.4) is 0 Å². The molecule has 27 heavy (non-hydrogen) atoms. The number of carbonyl (C=O) groups excluding carboxylic acids is 1. The second-order valence-corrected chi connectivity index (χ2v) is 7.36. The van der Waals surface area contributed by atoms with Crippen LogP contribution in [0.25, 0.3) is 10.9 Å². The number of benzene rings is 1. The molecule has 3 heterocycles. The van der Waals surface area contributed by atoms with Crippen LogP contribution in [0.4, 0.5) is 5.69 Å². The summed E-state index contributed by atoms with van der Waals surface area (Å²) in [6.07, 6.45) is 5.62. The first-order chi connectivity index (χ1) is 13.1. The molecule has 1 aliphatic rings. The molecular formula is C22H26N4O. The molecular weight excluding hydrogens is 336 g/mol. The number of H-pyrrole nitrogens is 1. The van der Waals surface area contributed by atoms with Crippen molar-refractivity contribution in [2.75, 3.05) is 18.4 Å². The first-order valence-corrected chi connectivity index (χ1v) is 9.68. The molecule has 3 aromatic rings. The van der Waals surface area contributed by atoms with E-state index in [9.17, 15) is 4.79 Å². The maximum absolute atomic E-state index is 11.5. The Balaban J connectivity index is 1.86. The molecule has 1 fully saturated rings. The molecule has 1 atom stereocenters. The summed E-state index contributed by atoms with van der Waals surface area (Å²) < 4.78 is 0. The quantitative estimate of drug-likeness (QED) is 0.723. The lowest BCUT2D eigenvalue weighted by Crippen LogP contribution is -2.35. The zero-order valence-corrected chi connectivity index (χ0v) is 16.0. The average Bonchev–Trinajstić information content (AvgIpc) is 2.99. The van der Waals surface area contributed by atoms with Gasteiger partial charge < -0.3 is 10.3 Å². The van der Waals surface area contributed by atoms with Crippen LogP contribution >= 0.6 is 0 Å². The fourth-order valence-electron chi connectivity index (χ4n) is 4.21. The molecule has 5 nitrogen and oxygen atoms in total. The van der Waals surface area contributed by atoms with Crippen LogP contribution in [0.15, 0.2) is 42.6 Å². The van der Waals surface area contributed by atoms with Crippen molar-refractivity contribution < 1.29 is 4.79 Å². The first kappa shape index (κ1) is 17.7. The van der Waals surface area contributed by atoms with Gasteiger partial charge in [0.05, 0.1) is 11.7 Å². The summed E-state index contributed by atoms with van der Waals surface area (Å²) in [6.45, 7) is 5.84. The van der Waals surface area contributed by atoms with Crippen molar-refractivity contribution in [2.24, 2.45) is 0 Å². The molecule has 1 aromatic carbocycles. The van der Waals surface area contributed by atoms with E-state index in [-0.39, 0.29) is 11.9 Å². The molecule has 2 N–H and O–H groups in total. The minimum absolute atomic E-state index is 0.0551. The highest BCUT2D eigenvalue weighted by atomic mass is 16.1. The summed E-state index contributed by atoms with van der Waals surface area (Å²) in [5, 5.41) is 4.06. The second-order valence-electron chi connectivity index (χ2n) is 7.36. The van der Waals surface area contributed by atoms with Gasteiger partial charge in [-0.15, -0.1) is 0 Å². The number of anilines is 1. The van der Waals surface area contributed by atoms with Gasteiger partial charge in [-0.1, -0.05) is 12.5 Å². The molecule has 140 valence electrons. The van der Waals surface area contributed by atoms with Crippen LogP contribution in [0.1, 0.15) is 49.2 Å². The van der Waals surface area contributed by atoms with Crippen molar-refractivity contribution in [2.45, 2.75) is 39.2 Å². The van der Waals surface area contributed by atoms with E-state index >= 15 is 0 Å². The second kappa shape index (κ2) is 7.53. The van der Waals surface area contributed by atoms with Crippen molar-refractivity contribution in [3.05, 3.63) is 59.5 Å². The molecule has 1 aliphatic heterocycles. The predicted molar refractivity (Wildman–Crippen MR) is 109 cm³/mol. The third kappa shape index (κ3) is 3.60. The van der Waals surface area contributed by atoms with E-state index in [1.807, 2.05) is 24.4 Å². The van der Waals surface area contributed by atoms with Crippen LogP contribution < -0.4 is 5.32 Å². The van der Waals surface area contributed by atoms with Gasteiger partial charge in [-0.25, -0.2) is 0 Å². The number of hydrogen-bond acceptors (Lipinski definition) is 3. The molecule has 0 spiro atoms. The number of carbonyl (C=O) groups is 1. The number of rotatable bonds is 4. The Bertz CT molecular complexity index is 942. The number of aromatic nitrogens is 2. The lowest BCUT2D eigenvalue weighted by molar-refractivity contribution is -0.114. The monoisotopic (exact) mass is 362 g/mol. The Morgan fingerprint density at radius 1 is 1.19 bits per heavy atom. The molecule has 5 heteroatoms. The van der Waals surface area contributed by atoms with E-state index in [2.05, 4.69) is 40.3 Å². The van der Waals surface area contributed by atoms with E-state index in [4.69, 9.17) is 4.98 Å². The molecule has 0 saturated carbocycles. The molecule has 1 saturated heterocycles. The van der Waals surface area contributed by atoms with Crippen molar-refractivity contribution >= 4 is 22.5 Å². The van der Waals surface area contributed by atoms with E-state index in [0.717, 1.165) is 41.1 Å². The van der Waals surface area contributed by atoms with Crippen molar-refractivity contribution in [3.8, 4) is 0 Å². The molecule has 1 amide bonds. The molecule has 0 radical (unpaired) electrons. The van der Waals surface area contributed by atoms with E-state index in [1.54, 1.807) is 0 Å². The smallest absolute Gasteiger partial charge is 0.221 e. The molecule has 0 unspecified atom stereocenters. The molecule has 0 aliphatic carbocycles. The number of amides is 1. The Morgan fingerprint density at radius 2 is 2.00 bits per heavy atom. The Labute approximate surface area is 159 Å². The number of pyridine rings is 1. The summed E-state index contributed by atoms with van der Waals surface area (Å²) in [4.78, 5) is 22.3. The number of nitrogens with zero attached hydrogens (tertiary/aromatic N) is 2. The van der Waals surface area contributed by atoms with Crippen molar-refractivity contribution in [1.82, 2.24) is 14.9 Å². The summed E-state index contributed by atoms with van der Waals surface area (Å²) in [7, 11) is 0. The number of piperidine rings is 1. The van der Waals surface area contributed by atoms with Gasteiger partial charge in [-0.05, 0) is 63.2 Å². The number of nitrogens with one attached hydrogen (secondary N) is 2.